The van der Waals surface area contributed by atoms with E-state index in [1.807, 2.05) is 28.8 Å². The average Bonchev–Trinajstić information content (AvgIpc) is 3.20. The van der Waals surface area contributed by atoms with Gasteiger partial charge in [0, 0.05) is 28.2 Å². The molecule has 4 aromatic rings. The summed E-state index contributed by atoms with van der Waals surface area (Å²) in [5.74, 6) is -2.83. The van der Waals surface area contributed by atoms with Crippen molar-refractivity contribution in [1.82, 2.24) is 9.88 Å². The van der Waals surface area contributed by atoms with Crippen LogP contribution in [-0.2, 0) is 16.1 Å². The van der Waals surface area contributed by atoms with E-state index in [-0.39, 0.29) is 34.3 Å². The Bertz CT molecular complexity index is 1610. The molecule has 7 nitrogen and oxygen atoms in total. The van der Waals surface area contributed by atoms with Gasteiger partial charge < -0.3 is 9.67 Å². The molecular weight excluding hydrogens is 481 g/mol. The lowest BCUT2D eigenvalue weighted by molar-refractivity contribution is -0.122. The molecule has 0 spiro atoms. The first-order chi connectivity index (χ1) is 17.3. The third-order valence-corrected chi connectivity index (χ3v) is 6.16. The minimum absolute atomic E-state index is 0.0262. The van der Waals surface area contributed by atoms with Gasteiger partial charge >= 0.3 is 5.97 Å². The second-order valence-corrected chi connectivity index (χ2v) is 8.52. The van der Waals surface area contributed by atoms with E-state index < -0.39 is 17.8 Å². The number of para-hydroxylation sites is 1. The van der Waals surface area contributed by atoms with Crippen molar-refractivity contribution in [2.75, 3.05) is 4.90 Å². The fraction of sp³-hybridized carbons (Fsp3) is 0.0370. The van der Waals surface area contributed by atoms with Crippen molar-refractivity contribution in [1.29, 1.82) is 0 Å². The van der Waals surface area contributed by atoms with Crippen LogP contribution in [0.1, 0.15) is 21.5 Å². The fourth-order valence-electron chi connectivity index (χ4n) is 4.16. The highest BCUT2D eigenvalue weighted by Gasteiger charge is 2.35. The van der Waals surface area contributed by atoms with Crippen LogP contribution in [0.5, 0.6) is 0 Å². The van der Waals surface area contributed by atoms with Crippen LogP contribution in [-0.4, -0.2) is 32.6 Å². The third-order valence-electron chi connectivity index (χ3n) is 5.87. The SMILES string of the molecule is O=C1NC(=S)N(c2cccc(C(=O)O)c2)C(=O)C1=Cc1cn(Cc2ccccc2F)c2ccccc12. The van der Waals surface area contributed by atoms with Crippen molar-refractivity contribution in [2.45, 2.75) is 6.54 Å². The van der Waals surface area contributed by atoms with Crippen molar-refractivity contribution in [3.05, 3.63) is 107 Å². The normalized spacial score (nSPS) is 15.0. The molecule has 0 unspecified atom stereocenters. The molecule has 5 rings (SSSR count). The van der Waals surface area contributed by atoms with Gasteiger partial charge in [-0.3, -0.25) is 19.8 Å². The molecule has 2 N–H and O–H groups in total. The van der Waals surface area contributed by atoms with Crippen LogP contribution in [0.4, 0.5) is 10.1 Å². The van der Waals surface area contributed by atoms with Gasteiger partial charge in [-0.15, -0.1) is 0 Å². The fourth-order valence-corrected chi connectivity index (χ4v) is 4.44. The second kappa shape index (κ2) is 9.20. The number of amides is 2. The first-order valence-electron chi connectivity index (χ1n) is 10.9. The Morgan fingerprint density at radius 1 is 1.03 bits per heavy atom. The molecular formula is C27H18FN3O4S. The van der Waals surface area contributed by atoms with E-state index in [4.69, 9.17) is 12.2 Å². The van der Waals surface area contributed by atoms with Gasteiger partial charge in [0.05, 0.1) is 17.8 Å². The van der Waals surface area contributed by atoms with E-state index in [0.717, 1.165) is 15.8 Å². The minimum Gasteiger partial charge on any atom is -0.478 e. The van der Waals surface area contributed by atoms with Gasteiger partial charge in [-0.25, -0.2) is 9.18 Å². The van der Waals surface area contributed by atoms with Crippen LogP contribution < -0.4 is 10.2 Å². The summed E-state index contributed by atoms with van der Waals surface area (Å²) in [4.78, 5) is 38.7. The Kier molecular flexibility index (Phi) is 5.91. The number of fused-ring (bicyclic) bond motifs is 1. The third kappa shape index (κ3) is 4.16. The zero-order valence-electron chi connectivity index (χ0n) is 18.6. The molecule has 1 fully saturated rings. The lowest BCUT2D eigenvalue weighted by Gasteiger charge is -2.29. The van der Waals surface area contributed by atoms with Crippen LogP contribution in [0.3, 0.4) is 0 Å². The Morgan fingerprint density at radius 3 is 2.56 bits per heavy atom. The molecule has 1 aliphatic rings. The molecule has 3 aromatic carbocycles. The number of rotatable bonds is 5. The number of thiocarbonyl (C=S) groups is 1. The highest BCUT2D eigenvalue weighted by Crippen LogP contribution is 2.28. The summed E-state index contributed by atoms with van der Waals surface area (Å²) >= 11 is 5.21. The van der Waals surface area contributed by atoms with Crippen LogP contribution >= 0.6 is 12.2 Å². The Morgan fingerprint density at radius 2 is 1.78 bits per heavy atom. The van der Waals surface area contributed by atoms with Crippen molar-refractivity contribution in [3.8, 4) is 0 Å². The molecule has 2 heterocycles. The zero-order chi connectivity index (χ0) is 25.4. The van der Waals surface area contributed by atoms with E-state index >= 15 is 0 Å². The zero-order valence-corrected chi connectivity index (χ0v) is 19.5. The van der Waals surface area contributed by atoms with Gasteiger partial charge in [0.15, 0.2) is 5.11 Å². The van der Waals surface area contributed by atoms with Gasteiger partial charge in [0.25, 0.3) is 11.8 Å². The first-order valence-corrected chi connectivity index (χ1v) is 11.3. The molecule has 2 amide bonds. The van der Waals surface area contributed by atoms with Crippen molar-refractivity contribution >= 4 is 57.8 Å². The van der Waals surface area contributed by atoms with E-state index in [9.17, 15) is 23.9 Å². The van der Waals surface area contributed by atoms with Crippen molar-refractivity contribution in [3.63, 3.8) is 0 Å². The van der Waals surface area contributed by atoms with E-state index in [1.54, 1.807) is 24.4 Å². The summed E-state index contributed by atoms with van der Waals surface area (Å²) in [6.07, 6.45) is 3.22. The molecule has 0 bridgehead atoms. The topological polar surface area (TPSA) is 91.6 Å². The number of nitrogens with zero attached hydrogens (tertiary/aromatic N) is 2. The van der Waals surface area contributed by atoms with Crippen molar-refractivity contribution < 1.29 is 23.9 Å². The number of carboxylic acids is 1. The van der Waals surface area contributed by atoms with Gasteiger partial charge in [0.1, 0.15) is 11.4 Å². The number of aromatic carboxylic acids is 1. The Hall–Kier alpha value is -4.63. The predicted octanol–water partition coefficient (Wildman–Crippen LogP) is 4.36. The van der Waals surface area contributed by atoms with Gasteiger partial charge in [0.2, 0.25) is 0 Å². The molecule has 9 heteroatoms. The Labute approximate surface area is 210 Å². The molecule has 0 aliphatic carbocycles. The molecule has 0 saturated carbocycles. The molecule has 178 valence electrons. The Balaban J connectivity index is 1.57. The molecule has 1 aromatic heterocycles. The van der Waals surface area contributed by atoms with Gasteiger partial charge in [-0.1, -0.05) is 42.5 Å². The predicted molar refractivity (Wildman–Crippen MR) is 137 cm³/mol. The van der Waals surface area contributed by atoms with E-state index in [1.165, 1.54) is 36.4 Å². The summed E-state index contributed by atoms with van der Waals surface area (Å²) < 4.78 is 16.2. The van der Waals surface area contributed by atoms with Crippen LogP contribution in [0, 0.1) is 5.82 Å². The van der Waals surface area contributed by atoms with Crippen LogP contribution in [0.2, 0.25) is 0 Å². The number of hydrogen-bond acceptors (Lipinski definition) is 4. The average molecular weight is 500 g/mol. The highest BCUT2D eigenvalue weighted by atomic mass is 32.1. The summed E-state index contributed by atoms with van der Waals surface area (Å²) in [5, 5.41) is 12.4. The molecule has 0 radical (unpaired) electrons. The largest absolute Gasteiger partial charge is 0.478 e. The number of carbonyl (C=O) groups is 3. The van der Waals surface area contributed by atoms with E-state index in [2.05, 4.69) is 5.32 Å². The van der Waals surface area contributed by atoms with Gasteiger partial charge in [-0.05, 0) is 48.6 Å². The van der Waals surface area contributed by atoms with E-state index in [0.29, 0.717) is 11.1 Å². The number of nitrogens with one attached hydrogen (secondary N) is 1. The maximum Gasteiger partial charge on any atom is 0.335 e. The molecule has 1 saturated heterocycles. The molecule has 36 heavy (non-hydrogen) atoms. The number of hydrogen-bond donors (Lipinski definition) is 2. The number of aromatic nitrogens is 1. The van der Waals surface area contributed by atoms with Crippen molar-refractivity contribution in [2.24, 2.45) is 0 Å². The van der Waals surface area contributed by atoms with Crippen LogP contribution in [0.15, 0.2) is 84.6 Å². The highest BCUT2D eigenvalue weighted by molar-refractivity contribution is 7.80. The minimum atomic E-state index is -1.16. The quantitative estimate of drug-likeness (QED) is 0.242. The number of halogens is 1. The summed E-state index contributed by atoms with van der Waals surface area (Å²) in [6, 6.07) is 19.6. The molecule has 1 aliphatic heterocycles. The summed E-state index contributed by atoms with van der Waals surface area (Å²) in [5.41, 5.74) is 1.92. The monoisotopic (exact) mass is 499 g/mol. The standard InChI is InChI=1S/C27H18FN3O4S/c28-22-10-3-1-6-17(22)14-30-15-18(20-9-2-4-11-23(20)30)13-21-24(32)29-27(36)31(25(21)33)19-8-5-7-16(12-19)26(34)35/h1-13,15H,14H2,(H,34,35)(H,29,32,36). The first kappa shape index (κ1) is 23.1. The number of carbonyl (C=O) groups excluding carboxylic acids is 2. The lowest BCUT2D eigenvalue weighted by Crippen LogP contribution is -2.54. The number of carboxylic acid groups (broad SMARTS) is 1. The number of anilines is 1. The molecule has 0 atom stereocenters. The second-order valence-electron chi connectivity index (χ2n) is 8.13. The maximum absolute atomic E-state index is 14.3. The summed E-state index contributed by atoms with van der Waals surface area (Å²) in [7, 11) is 0. The summed E-state index contributed by atoms with van der Waals surface area (Å²) in [6.45, 7) is 0.259. The van der Waals surface area contributed by atoms with Crippen LogP contribution in [0.25, 0.3) is 17.0 Å². The maximum atomic E-state index is 14.3. The number of benzene rings is 3. The lowest BCUT2D eigenvalue weighted by atomic mass is 10.1. The smallest absolute Gasteiger partial charge is 0.335 e. The van der Waals surface area contributed by atoms with Gasteiger partial charge in [-0.2, -0.15) is 0 Å².